The van der Waals surface area contributed by atoms with Crippen LogP contribution in [0.15, 0.2) is 48.7 Å². The van der Waals surface area contributed by atoms with Crippen molar-refractivity contribution < 1.29 is 13.9 Å². The smallest absolute Gasteiger partial charge is 0.337 e. The largest absolute Gasteiger partial charge is 0.465 e. The van der Waals surface area contributed by atoms with E-state index < -0.39 is 0 Å². The minimum Gasteiger partial charge on any atom is -0.465 e. The van der Waals surface area contributed by atoms with E-state index in [1.807, 2.05) is 18.3 Å². The summed E-state index contributed by atoms with van der Waals surface area (Å²) in [7, 11) is 1.40. The van der Waals surface area contributed by atoms with E-state index in [2.05, 4.69) is 16.0 Å². The number of hydrogen-bond donors (Lipinski definition) is 1. The van der Waals surface area contributed by atoms with Crippen LogP contribution in [0.1, 0.15) is 72.1 Å². The lowest BCUT2D eigenvalue weighted by molar-refractivity contribution is 0.0601. The average Bonchev–Trinajstić information content (AvgIpc) is 3.61. The lowest BCUT2D eigenvalue weighted by atomic mass is 9.72. The Kier molecular flexibility index (Phi) is 5.31. The van der Waals surface area contributed by atoms with Gasteiger partial charge in [0.15, 0.2) is 0 Å². The molecular formula is C28H28FN3O2. The molecule has 1 N–H and O–H groups in total. The summed E-state index contributed by atoms with van der Waals surface area (Å²) in [6, 6.07) is 12.5. The molecule has 1 unspecified atom stereocenters. The second-order valence-electron chi connectivity index (χ2n) is 9.88. The number of hydrogen-bond acceptors (Lipinski definition) is 4. The molecule has 0 spiro atoms. The van der Waals surface area contributed by atoms with Crippen LogP contribution in [0, 0.1) is 17.7 Å². The van der Waals surface area contributed by atoms with Gasteiger partial charge in [-0.1, -0.05) is 0 Å². The van der Waals surface area contributed by atoms with Crippen LogP contribution in [0.2, 0.25) is 0 Å². The fraction of sp³-hybridized carbons (Fsp3) is 0.393. The lowest BCUT2D eigenvalue weighted by Crippen LogP contribution is -2.22. The van der Waals surface area contributed by atoms with Gasteiger partial charge in [-0.3, -0.25) is 4.98 Å². The van der Waals surface area contributed by atoms with E-state index >= 15 is 0 Å². The van der Waals surface area contributed by atoms with Crippen molar-refractivity contribution in [2.24, 2.45) is 11.8 Å². The van der Waals surface area contributed by atoms with E-state index in [0.717, 1.165) is 53.4 Å². The molecule has 5 nitrogen and oxygen atoms in total. The topological polar surface area (TPSA) is 67.9 Å². The molecule has 0 bridgehead atoms. The normalized spacial score (nSPS) is 21.6. The van der Waals surface area contributed by atoms with Crippen LogP contribution in [0.3, 0.4) is 0 Å². The van der Waals surface area contributed by atoms with E-state index in [-0.39, 0.29) is 11.8 Å². The highest BCUT2D eigenvalue weighted by Gasteiger charge is 2.41. The third kappa shape index (κ3) is 3.85. The summed E-state index contributed by atoms with van der Waals surface area (Å²) < 4.78 is 18.8. The number of aromatic amines is 1. The summed E-state index contributed by atoms with van der Waals surface area (Å²) >= 11 is 0. The third-order valence-corrected chi connectivity index (χ3v) is 7.82. The first-order valence-electron chi connectivity index (χ1n) is 12.2. The number of carbonyl (C=O) groups excluding carboxylic acids is 1. The van der Waals surface area contributed by atoms with Crippen molar-refractivity contribution in [2.45, 2.75) is 50.4 Å². The highest BCUT2D eigenvalue weighted by Crippen LogP contribution is 2.51. The van der Waals surface area contributed by atoms with Gasteiger partial charge in [-0.25, -0.2) is 14.2 Å². The number of methoxy groups -OCH3 is 1. The summed E-state index contributed by atoms with van der Waals surface area (Å²) in [5.41, 5.74) is 4.41. The first-order chi connectivity index (χ1) is 16.6. The van der Waals surface area contributed by atoms with Crippen LogP contribution in [0.4, 0.5) is 4.39 Å². The number of pyridine rings is 1. The zero-order chi connectivity index (χ0) is 23.2. The standard InChI is InChI=1S/C28H28FN3O2/c1-34-28(33)19-8-10-24-25(14-19)32-27(31-24)26(18-6-7-18)17-4-2-16(3-5-17)21-12-13-30-23-11-9-20(29)15-22(21)23/h8-18,26H,2-7H2,1H3,(H,31,32)/t16-,17+,26?. The predicted octanol–water partition coefficient (Wildman–Crippen LogP) is 6.50. The second-order valence-corrected chi connectivity index (χ2v) is 9.88. The van der Waals surface area contributed by atoms with Crippen molar-refractivity contribution >= 4 is 27.9 Å². The molecule has 6 heteroatoms. The molecule has 2 heterocycles. The zero-order valence-electron chi connectivity index (χ0n) is 19.3. The van der Waals surface area contributed by atoms with Crippen LogP contribution in [0.25, 0.3) is 21.9 Å². The van der Waals surface area contributed by atoms with Gasteiger partial charge < -0.3 is 9.72 Å². The Bertz CT molecular complexity index is 1370. The highest BCUT2D eigenvalue weighted by atomic mass is 19.1. The molecule has 0 saturated heterocycles. The highest BCUT2D eigenvalue weighted by molar-refractivity contribution is 5.93. The summed E-state index contributed by atoms with van der Waals surface area (Å²) in [4.78, 5) is 24.9. The Morgan fingerprint density at radius 1 is 1.00 bits per heavy atom. The maximum absolute atomic E-state index is 13.9. The average molecular weight is 458 g/mol. The van der Waals surface area contributed by atoms with Crippen LogP contribution >= 0.6 is 0 Å². The van der Waals surface area contributed by atoms with Crippen LogP contribution in [-0.2, 0) is 4.74 Å². The van der Waals surface area contributed by atoms with Gasteiger partial charge in [0.1, 0.15) is 11.6 Å². The first kappa shape index (κ1) is 21.3. The monoisotopic (exact) mass is 457 g/mol. The first-order valence-corrected chi connectivity index (χ1v) is 12.2. The maximum Gasteiger partial charge on any atom is 0.337 e. The number of fused-ring (bicyclic) bond motifs is 2. The molecule has 1 atom stereocenters. The molecule has 34 heavy (non-hydrogen) atoms. The molecule has 2 saturated carbocycles. The van der Waals surface area contributed by atoms with E-state index in [1.54, 1.807) is 18.2 Å². The van der Waals surface area contributed by atoms with E-state index in [9.17, 15) is 9.18 Å². The number of benzene rings is 2. The Morgan fingerprint density at radius 2 is 1.76 bits per heavy atom. The van der Waals surface area contributed by atoms with Crippen LogP contribution in [-0.4, -0.2) is 28.0 Å². The Labute approximate surface area is 197 Å². The van der Waals surface area contributed by atoms with E-state index in [1.165, 1.54) is 31.6 Å². The number of ether oxygens (including phenoxy) is 1. The number of carbonyl (C=O) groups is 1. The van der Waals surface area contributed by atoms with E-state index in [0.29, 0.717) is 29.2 Å². The summed E-state index contributed by atoms with van der Waals surface area (Å²) in [5, 5.41) is 0.948. The fourth-order valence-corrected chi connectivity index (χ4v) is 6.00. The van der Waals surface area contributed by atoms with Gasteiger partial charge in [-0.05, 0) is 104 Å². The van der Waals surface area contributed by atoms with Crippen molar-refractivity contribution in [1.82, 2.24) is 15.0 Å². The van der Waals surface area contributed by atoms with Gasteiger partial charge in [-0.15, -0.1) is 0 Å². The Morgan fingerprint density at radius 3 is 2.50 bits per heavy atom. The van der Waals surface area contributed by atoms with Crippen molar-refractivity contribution in [3.8, 4) is 0 Å². The van der Waals surface area contributed by atoms with Crippen LogP contribution < -0.4 is 0 Å². The molecule has 0 amide bonds. The van der Waals surface area contributed by atoms with Gasteiger partial charge in [0, 0.05) is 17.5 Å². The number of halogens is 1. The molecule has 0 aliphatic heterocycles. The molecule has 6 rings (SSSR count). The second kappa shape index (κ2) is 8.49. The number of imidazole rings is 1. The molecule has 2 fully saturated rings. The number of nitrogens with one attached hydrogen (secondary N) is 1. The number of aromatic nitrogens is 3. The van der Waals surface area contributed by atoms with Gasteiger partial charge in [0.05, 0.1) is 29.2 Å². The Hall–Kier alpha value is -3.28. The molecule has 174 valence electrons. The van der Waals surface area contributed by atoms with Crippen molar-refractivity contribution in [1.29, 1.82) is 0 Å². The minimum atomic E-state index is -0.341. The summed E-state index contributed by atoms with van der Waals surface area (Å²) in [6.07, 6.45) is 8.82. The number of H-pyrrole nitrogens is 1. The molecule has 2 aromatic carbocycles. The molecule has 2 aliphatic carbocycles. The molecule has 0 radical (unpaired) electrons. The van der Waals surface area contributed by atoms with Crippen molar-refractivity contribution in [3.63, 3.8) is 0 Å². The third-order valence-electron chi connectivity index (χ3n) is 7.82. The summed E-state index contributed by atoms with van der Waals surface area (Å²) in [5.74, 6) is 2.62. The molecular weight excluding hydrogens is 429 g/mol. The Balaban J connectivity index is 1.24. The molecule has 2 aromatic heterocycles. The maximum atomic E-state index is 13.9. The predicted molar refractivity (Wildman–Crippen MR) is 129 cm³/mol. The quantitative estimate of drug-likeness (QED) is 0.347. The fourth-order valence-electron chi connectivity index (χ4n) is 6.00. The van der Waals surface area contributed by atoms with Crippen LogP contribution in [0.5, 0.6) is 0 Å². The number of nitrogens with zero attached hydrogens (tertiary/aromatic N) is 2. The van der Waals surface area contributed by atoms with Gasteiger partial charge in [0.25, 0.3) is 0 Å². The van der Waals surface area contributed by atoms with Gasteiger partial charge in [-0.2, -0.15) is 0 Å². The zero-order valence-corrected chi connectivity index (χ0v) is 19.3. The molecule has 2 aliphatic rings. The van der Waals surface area contributed by atoms with E-state index in [4.69, 9.17) is 9.72 Å². The van der Waals surface area contributed by atoms with Crippen molar-refractivity contribution in [3.05, 3.63) is 71.4 Å². The summed E-state index contributed by atoms with van der Waals surface area (Å²) in [6.45, 7) is 0. The molecule has 4 aromatic rings. The van der Waals surface area contributed by atoms with Gasteiger partial charge >= 0.3 is 5.97 Å². The lowest BCUT2D eigenvalue weighted by Gasteiger charge is -2.34. The van der Waals surface area contributed by atoms with Crippen molar-refractivity contribution in [2.75, 3.05) is 7.11 Å². The number of rotatable bonds is 5. The minimum absolute atomic E-state index is 0.204. The van der Waals surface area contributed by atoms with Gasteiger partial charge in [0.2, 0.25) is 0 Å². The SMILES string of the molecule is COC(=O)c1ccc2[nH]c(C(C3CC3)[C@H]3CC[C@@H](c4ccnc5ccc(F)cc54)CC3)nc2c1. The number of esters is 1.